The van der Waals surface area contributed by atoms with Crippen LogP contribution in [0.25, 0.3) is 16.2 Å². The van der Waals surface area contributed by atoms with E-state index in [2.05, 4.69) is 26.8 Å². The van der Waals surface area contributed by atoms with E-state index in [1.165, 1.54) is 21.9 Å². The van der Waals surface area contributed by atoms with Crippen molar-refractivity contribution in [2.24, 2.45) is 0 Å². The smallest absolute Gasteiger partial charge is 0.275 e. The predicted molar refractivity (Wildman–Crippen MR) is 118 cm³/mol. The van der Waals surface area contributed by atoms with Crippen molar-refractivity contribution in [3.8, 4) is 11.3 Å². The zero-order valence-corrected chi connectivity index (χ0v) is 18.2. The molecule has 30 heavy (non-hydrogen) atoms. The van der Waals surface area contributed by atoms with Crippen LogP contribution in [-0.4, -0.2) is 36.9 Å². The fourth-order valence-corrected chi connectivity index (χ4v) is 5.55. The first-order valence-electron chi connectivity index (χ1n) is 9.89. The number of nitrogens with zero attached hydrogens (tertiary/aromatic N) is 5. The fraction of sp³-hybridized carbons (Fsp3) is 0.333. The summed E-state index contributed by atoms with van der Waals surface area (Å²) in [5.74, 6) is 0.628. The first-order valence-corrected chi connectivity index (χ1v) is 11.7. The van der Waals surface area contributed by atoms with Gasteiger partial charge >= 0.3 is 0 Å². The van der Waals surface area contributed by atoms with Crippen LogP contribution in [0.3, 0.4) is 0 Å². The third-order valence-corrected chi connectivity index (χ3v) is 7.13. The van der Waals surface area contributed by atoms with Crippen molar-refractivity contribution in [3.63, 3.8) is 0 Å². The van der Waals surface area contributed by atoms with E-state index in [1.807, 2.05) is 31.3 Å². The molecule has 4 aromatic rings. The van der Waals surface area contributed by atoms with E-state index in [4.69, 9.17) is 9.72 Å². The molecule has 154 valence electrons. The number of aromatic nitrogens is 5. The van der Waals surface area contributed by atoms with Crippen molar-refractivity contribution >= 4 is 28.1 Å². The monoisotopic (exact) mass is 439 g/mol. The molecule has 0 spiro atoms. The molecule has 1 unspecified atom stereocenters. The average molecular weight is 440 g/mol. The van der Waals surface area contributed by atoms with Crippen molar-refractivity contribution in [1.29, 1.82) is 0 Å². The maximum atomic E-state index is 12.1. The van der Waals surface area contributed by atoms with Crippen molar-refractivity contribution < 1.29 is 4.74 Å². The summed E-state index contributed by atoms with van der Waals surface area (Å²) in [5.41, 5.74) is 2.80. The van der Waals surface area contributed by atoms with Crippen LogP contribution in [0.15, 0.2) is 52.5 Å². The highest BCUT2D eigenvalue weighted by atomic mass is 32.2. The van der Waals surface area contributed by atoms with Crippen molar-refractivity contribution in [3.05, 3.63) is 63.7 Å². The molecule has 0 bridgehead atoms. The van der Waals surface area contributed by atoms with Gasteiger partial charge in [0.1, 0.15) is 5.01 Å². The number of benzene rings is 1. The third-order valence-electron chi connectivity index (χ3n) is 5.04. The number of imidazole rings is 1. The van der Waals surface area contributed by atoms with Crippen LogP contribution < -0.4 is 5.56 Å². The SMILES string of the molecule is Cc1cc(=O)n2nc(CSc3ncc(-c4ccccc4)n3CC3CCCO3)sc2n1. The predicted octanol–water partition coefficient (Wildman–Crippen LogP) is 3.79. The highest BCUT2D eigenvalue weighted by molar-refractivity contribution is 7.98. The Morgan fingerprint density at radius 3 is 2.97 bits per heavy atom. The molecule has 0 saturated carbocycles. The van der Waals surface area contributed by atoms with Crippen LogP contribution in [0.4, 0.5) is 0 Å². The number of hydrogen-bond acceptors (Lipinski definition) is 7. The molecule has 0 N–H and O–H groups in total. The fourth-order valence-electron chi connectivity index (χ4n) is 3.63. The summed E-state index contributed by atoms with van der Waals surface area (Å²) in [6, 6.07) is 11.8. The minimum atomic E-state index is -0.142. The number of ether oxygens (including phenoxy) is 1. The van der Waals surface area contributed by atoms with E-state index in [9.17, 15) is 4.79 Å². The quantitative estimate of drug-likeness (QED) is 0.426. The molecule has 9 heteroatoms. The van der Waals surface area contributed by atoms with Crippen LogP contribution in [0.1, 0.15) is 23.5 Å². The molecule has 1 aliphatic rings. The Morgan fingerprint density at radius 2 is 2.17 bits per heavy atom. The Kier molecular flexibility index (Phi) is 5.41. The number of thioether (sulfide) groups is 1. The molecular formula is C21H21N5O2S2. The highest BCUT2D eigenvalue weighted by Crippen LogP contribution is 2.30. The van der Waals surface area contributed by atoms with E-state index in [-0.39, 0.29) is 11.7 Å². The van der Waals surface area contributed by atoms with Gasteiger partial charge < -0.3 is 9.30 Å². The van der Waals surface area contributed by atoms with Crippen LogP contribution in [-0.2, 0) is 17.0 Å². The summed E-state index contributed by atoms with van der Waals surface area (Å²) < 4.78 is 9.51. The lowest BCUT2D eigenvalue weighted by Crippen LogP contribution is -2.16. The molecular weight excluding hydrogens is 418 g/mol. The summed E-state index contributed by atoms with van der Waals surface area (Å²) >= 11 is 3.07. The lowest BCUT2D eigenvalue weighted by Gasteiger charge is -2.16. The van der Waals surface area contributed by atoms with Crippen molar-refractivity contribution in [2.45, 2.75) is 43.3 Å². The molecule has 1 aromatic carbocycles. The normalized spacial score (nSPS) is 16.5. The Labute approximate surface area is 181 Å². The van der Waals surface area contributed by atoms with E-state index < -0.39 is 0 Å². The summed E-state index contributed by atoms with van der Waals surface area (Å²) in [6.45, 7) is 3.44. The number of aryl methyl sites for hydroxylation is 1. The topological polar surface area (TPSA) is 74.3 Å². The van der Waals surface area contributed by atoms with Crippen LogP contribution in [0, 0.1) is 6.92 Å². The van der Waals surface area contributed by atoms with Crippen LogP contribution in [0.5, 0.6) is 0 Å². The average Bonchev–Trinajstić information content (AvgIpc) is 3.48. The molecule has 4 heterocycles. The molecule has 3 aromatic heterocycles. The lowest BCUT2D eigenvalue weighted by atomic mass is 10.1. The third kappa shape index (κ3) is 3.92. The zero-order valence-electron chi connectivity index (χ0n) is 16.5. The molecule has 0 radical (unpaired) electrons. The number of rotatable bonds is 6. The number of hydrogen-bond donors (Lipinski definition) is 0. The molecule has 0 aliphatic carbocycles. The van der Waals surface area contributed by atoms with E-state index >= 15 is 0 Å². The van der Waals surface area contributed by atoms with Gasteiger partial charge in [-0.15, -0.1) is 0 Å². The van der Waals surface area contributed by atoms with Gasteiger partial charge in [0.05, 0.1) is 30.3 Å². The van der Waals surface area contributed by atoms with Gasteiger partial charge in [-0.05, 0) is 25.3 Å². The van der Waals surface area contributed by atoms with Gasteiger partial charge in [0.2, 0.25) is 4.96 Å². The summed E-state index contributed by atoms with van der Waals surface area (Å²) in [5, 5.41) is 6.22. The van der Waals surface area contributed by atoms with Crippen LogP contribution in [0.2, 0.25) is 0 Å². The van der Waals surface area contributed by atoms with E-state index in [1.54, 1.807) is 11.8 Å². The van der Waals surface area contributed by atoms with Gasteiger partial charge in [0.15, 0.2) is 5.16 Å². The molecule has 7 nitrogen and oxygen atoms in total. The second-order valence-electron chi connectivity index (χ2n) is 7.25. The minimum Gasteiger partial charge on any atom is -0.376 e. The Bertz CT molecular complexity index is 1230. The lowest BCUT2D eigenvalue weighted by molar-refractivity contribution is 0.0954. The van der Waals surface area contributed by atoms with E-state index in [0.717, 1.165) is 47.4 Å². The molecule has 1 saturated heterocycles. The zero-order chi connectivity index (χ0) is 20.5. The van der Waals surface area contributed by atoms with Gasteiger partial charge in [-0.1, -0.05) is 53.4 Å². The highest BCUT2D eigenvalue weighted by Gasteiger charge is 2.21. The first-order chi connectivity index (χ1) is 14.7. The van der Waals surface area contributed by atoms with Gasteiger partial charge in [-0.2, -0.15) is 9.61 Å². The maximum absolute atomic E-state index is 12.1. The maximum Gasteiger partial charge on any atom is 0.275 e. The second-order valence-corrected chi connectivity index (χ2v) is 9.24. The van der Waals surface area contributed by atoms with Gasteiger partial charge in [0.25, 0.3) is 5.56 Å². The summed E-state index contributed by atoms with van der Waals surface area (Å²) in [6.07, 6.45) is 4.33. The standard InChI is InChI=1S/C21H21N5O2S2/c1-14-10-19(27)26-21(23-14)30-18(24-26)13-29-20-22-11-17(15-6-3-2-4-7-15)25(20)12-16-8-5-9-28-16/h2-4,6-7,10-11,16H,5,8-9,12-13H2,1H3. The minimum absolute atomic E-state index is 0.142. The van der Waals surface area contributed by atoms with E-state index in [0.29, 0.717) is 16.4 Å². The van der Waals surface area contributed by atoms with Crippen LogP contribution >= 0.6 is 23.1 Å². The van der Waals surface area contributed by atoms with Crippen molar-refractivity contribution in [1.82, 2.24) is 24.1 Å². The molecule has 5 rings (SSSR count). The summed E-state index contributed by atoms with van der Waals surface area (Å²) in [4.78, 5) is 21.9. The molecule has 1 fully saturated rings. The van der Waals surface area contributed by atoms with Gasteiger partial charge in [-0.25, -0.2) is 9.97 Å². The first kappa shape index (κ1) is 19.5. The second kappa shape index (κ2) is 8.33. The molecule has 0 amide bonds. The number of fused-ring (bicyclic) bond motifs is 1. The molecule has 1 atom stereocenters. The van der Waals surface area contributed by atoms with Crippen molar-refractivity contribution in [2.75, 3.05) is 6.61 Å². The molecule has 1 aliphatic heterocycles. The van der Waals surface area contributed by atoms with Gasteiger partial charge in [-0.3, -0.25) is 4.79 Å². The summed E-state index contributed by atoms with van der Waals surface area (Å²) in [7, 11) is 0. The Balaban J connectivity index is 1.43. The Hall–Kier alpha value is -2.49. The van der Waals surface area contributed by atoms with Gasteiger partial charge in [0, 0.05) is 18.4 Å². The Morgan fingerprint density at radius 1 is 1.30 bits per heavy atom. The largest absolute Gasteiger partial charge is 0.376 e.